The van der Waals surface area contributed by atoms with E-state index >= 15 is 0 Å². The van der Waals surface area contributed by atoms with Crippen molar-refractivity contribution in [1.82, 2.24) is 0 Å². The summed E-state index contributed by atoms with van der Waals surface area (Å²) in [4.78, 5) is 0. The molecule has 0 unspecified atom stereocenters. The number of hydrogen-bond donors (Lipinski definition) is 0. The molecule has 0 N–H and O–H groups in total. The summed E-state index contributed by atoms with van der Waals surface area (Å²) in [6.45, 7) is 0. The average Bonchev–Trinajstić information content (AvgIpc) is 3.33. The van der Waals surface area contributed by atoms with Gasteiger partial charge >= 0.3 is 0 Å². The summed E-state index contributed by atoms with van der Waals surface area (Å²) < 4.78 is 0. The molecule has 0 heterocycles. The van der Waals surface area contributed by atoms with Crippen LogP contribution in [-0.2, 0) is 0 Å². The van der Waals surface area contributed by atoms with Gasteiger partial charge in [0.15, 0.2) is 0 Å². The first-order valence-corrected chi connectivity index (χ1v) is 12.6. The zero-order valence-electron chi connectivity index (χ0n) is 20.4. The lowest BCUT2D eigenvalue weighted by Gasteiger charge is -2.21. The zero-order valence-corrected chi connectivity index (χ0v) is 20.4. The Morgan fingerprint density at radius 1 is 0.395 bits per heavy atom. The van der Waals surface area contributed by atoms with E-state index in [4.69, 9.17) is 0 Å². The maximum Gasteiger partial charge on any atom is 0.0992 e. The van der Waals surface area contributed by atoms with Crippen molar-refractivity contribution in [3.8, 4) is 67.8 Å². The van der Waals surface area contributed by atoms with Crippen LogP contribution in [0.2, 0.25) is 0 Å². The second-order valence-electron chi connectivity index (χ2n) is 9.56. The minimum Gasteiger partial charge on any atom is -0.192 e. The van der Waals surface area contributed by atoms with Gasteiger partial charge in [-0.2, -0.15) is 10.5 Å². The van der Waals surface area contributed by atoms with E-state index in [9.17, 15) is 10.5 Å². The van der Waals surface area contributed by atoms with Crippen molar-refractivity contribution in [2.24, 2.45) is 0 Å². The lowest BCUT2D eigenvalue weighted by molar-refractivity contribution is 1.44. The van der Waals surface area contributed by atoms with Crippen LogP contribution >= 0.6 is 0 Å². The van der Waals surface area contributed by atoms with Crippen molar-refractivity contribution in [3.63, 3.8) is 0 Å². The minimum atomic E-state index is 0.477. The molecule has 1 aliphatic carbocycles. The summed E-state index contributed by atoms with van der Waals surface area (Å²) >= 11 is 0. The molecule has 0 saturated carbocycles. The van der Waals surface area contributed by atoms with Crippen LogP contribution in [0.15, 0.2) is 121 Å². The zero-order chi connectivity index (χ0) is 25.6. The predicted octanol–water partition coefficient (Wildman–Crippen LogP) is 9.23. The molecule has 0 amide bonds. The lowest BCUT2D eigenvalue weighted by Crippen LogP contribution is -1.95. The van der Waals surface area contributed by atoms with E-state index < -0.39 is 0 Å². The van der Waals surface area contributed by atoms with Gasteiger partial charge in [-0.3, -0.25) is 0 Å². The van der Waals surface area contributed by atoms with E-state index in [1.807, 2.05) is 24.3 Å². The first-order chi connectivity index (χ1) is 18.8. The third kappa shape index (κ3) is 3.26. The Labute approximate surface area is 221 Å². The molecule has 1 aliphatic rings. The Morgan fingerprint density at radius 2 is 0.947 bits per heavy atom. The summed E-state index contributed by atoms with van der Waals surface area (Å²) in [7, 11) is 0. The second kappa shape index (κ2) is 8.59. The fourth-order valence-corrected chi connectivity index (χ4v) is 5.88. The minimum absolute atomic E-state index is 0.477. The molecule has 38 heavy (non-hydrogen) atoms. The monoisotopic (exact) mass is 480 g/mol. The Hall–Kier alpha value is -5.44. The molecule has 0 aromatic heterocycles. The van der Waals surface area contributed by atoms with Crippen LogP contribution < -0.4 is 0 Å². The molecular weight excluding hydrogens is 460 g/mol. The molecule has 0 aliphatic heterocycles. The maximum absolute atomic E-state index is 9.76. The summed E-state index contributed by atoms with van der Waals surface area (Å²) in [6, 6.07) is 46.2. The smallest absolute Gasteiger partial charge is 0.0992 e. The Balaban J connectivity index is 1.70. The van der Waals surface area contributed by atoms with E-state index in [1.165, 1.54) is 33.0 Å². The number of nitrogens with zero attached hydrogens (tertiary/aromatic N) is 2. The molecule has 6 aromatic rings. The maximum atomic E-state index is 9.76. The van der Waals surface area contributed by atoms with Crippen molar-refractivity contribution in [2.45, 2.75) is 0 Å². The third-order valence-corrected chi connectivity index (χ3v) is 7.42. The topological polar surface area (TPSA) is 47.6 Å². The Morgan fingerprint density at radius 3 is 1.55 bits per heavy atom. The molecule has 0 radical (unpaired) electrons. The van der Waals surface area contributed by atoms with Crippen LogP contribution in [0.4, 0.5) is 0 Å². The van der Waals surface area contributed by atoms with Crippen molar-refractivity contribution in [1.29, 1.82) is 10.5 Å². The molecule has 6 aromatic carbocycles. The first kappa shape index (κ1) is 21.8. The van der Waals surface area contributed by atoms with Crippen LogP contribution in [0.3, 0.4) is 0 Å². The van der Waals surface area contributed by atoms with Crippen LogP contribution in [-0.4, -0.2) is 0 Å². The summed E-state index contributed by atoms with van der Waals surface area (Å²) in [6.07, 6.45) is 0. The lowest BCUT2D eigenvalue weighted by atomic mass is 9.82. The summed E-state index contributed by atoms with van der Waals surface area (Å²) in [5.74, 6) is 0. The second-order valence-corrected chi connectivity index (χ2v) is 9.56. The summed E-state index contributed by atoms with van der Waals surface area (Å²) in [5, 5.41) is 22.0. The molecule has 174 valence electrons. The summed E-state index contributed by atoms with van der Waals surface area (Å²) in [5.41, 5.74) is 12.2. The number of rotatable bonds is 3. The molecule has 0 fully saturated rings. The van der Waals surface area contributed by atoms with Crippen LogP contribution in [0.25, 0.3) is 66.4 Å². The van der Waals surface area contributed by atoms with Crippen molar-refractivity contribution in [3.05, 3.63) is 132 Å². The fraction of sp³-hybridized carbons (Fsp3) is 0. The molecule has 0 spiro atoms. The largest absolute Gasteiger partial charge is 0.192 e. The van der Waals surface area contributed by atoms with E-state index in [0.717, 1.165) is 33.4 Å². The van der Waals surface area contributed by atoms with E-state index in [0.29, 0.717) is 11.1 Å². The molecule has 2 nitrogen and oxygen atoms in total. The van der Waals surface area contributed by atoms with Gasteiger partial charge in [0.05, 0.1) is 23.3 Å². The van der Waals surface area contributed by atoms with Gasteiger partial charge in [0.25, 0.3) is 0 Å². The first-order valence-electron chi connectivity index (χ1n) is 12.6. The van der Waals surface area contributed by atoms with Crippen molar-refractivity contribution >= 4 is 10.8 Å². The van der Waals surface area contributed by atoms with Gasteiger partial charge < -0.3 is 0 Å². The van der Waals surface area contributed by atoms with E-state index in [2.05, 4.69) is 103 Å². The SMILES string of the molecule is N#Cc1cc(C#N)cc(-c2cc(-c3ccccc3)c3c(c2-c2ccccc2)-c2cccc4cccc-3c24)c1. The van der Waals surface area contributed by atoms with Crippen molar-refractivity contribution in [2.75, 3.05) is 0 Å². The van der Waals surface area contributed by atoms with E-state index in [1.54, 1.807) is 6.07 Å². The normalized spacial score (nSPS) is 11.1. The van der Waals surface area contributed by atoms with Gasteiger partial charge in [-0.25, -0.2) is 0 Å². The highest BCUT2D eigenvalue weighted by Gasteiger charge is 2.30. The third-order valence-electron chi connectivity index (χ3n) is 7.42. The standard InChI is InChI=1S/C36H20N2/c37-21-23-17-24(22-38)19-28(18-23)32-20-31(25-9-3-1-4-10-25)35-29-15-7-13-26-14-8-16-30(33(26)29)36(35)34(32)27-11-5-2-6-12-27/h1-20H. The highest BCUT2D eigenvalue weighted by molar-refractivity contribution is 6.22. The highest BCUT2D eigenvalue weighted by atomic mass is 14.3. The number of benzene rings is 6. The van der Waals surface area contributed by atoms with Gasteiger partial charge in [0.1, 0.15) is 0 Å². The van der Waals surface area contributed by atoms with Gasteiger partial charge in [-0.1, -0.05) is 97.1 Å². The quantitative estimate of drug-likeness (QED) is 0.253. The van der Waals surface area contributed by atoms with Crippen LogP contribution in [0.5, 0.6) is 0 Å². The molecule has 2 heteroatoms. The molecule has 7 rings (SSSR count). The molecule has 0 bridgehead atoms. The van der Waals surface area contributed by atoms with Crippen LogP contribution in [0, 0.1) is 22.7 Å². The highest BCUT2D eigenvalue weighted by Crippen LogP contribution is 2.57. The molecule has 0 saturated heterocycles. The molecule has 0 atom stereocenters. The van der Waals surface area contributed by atoms with Gasteiger partial charge in [0, 0.05) is 0 Å². The van der Waals surface area contributed by atoms with Crippen molar-refractivity contribution < 1.29 is 0 Å². The number of fused-ring (bicyclic) bond motifs is 3. The molecular formula is C36H20N2. The van der Waals surface area contributed by atoms with Gasteiger partial charge in [-0.15, -0.1) is 0 Å². The van der Waals surface area contributed by atoms with Crippen LogP contribution in [0.1, 0.15) is 11.1 Å². The Bertz CT molecular complexity index is 1930. The van der Waals surface area contributed by atoms with Gasteiger partial charge in [-0.05, 0) is 90.7 Å². The fourth-order valence-electron chi connectivity index (χ4n) is 5.88. The predicted molar refractivity (Wildman–Crippen MR) is 154 cm³/mol. The number of hydrogen-bond acceptors (Lipinski definition) is 2. The average molecular weight is 481 g/mol. The van der Waals surface area contributed by atoms with E-state index in [-0.39, 0.29) is 0 Å². The van der Waals surface area contributed by atoms with Gasteiger partial charge in [0.2, 0.25) is 0 Å². The number of nitriles is 2. The Kier molecular flexibility index (Phi) is 4.93.